The Balaban J connectivity index is 1.35. The maximum atomic E-state index is 16.4. The number of ether oxygens (including phenoxy) is 1. The van der Waals surface area contributed by atoms with E-state index in [1.807, 2.05) is 12.1 Å². The number of nitrogens with zero attached hydrogens (tertiary/aromatic N) is 4. The van der Waals surface area contributed by atoms with E-state index < -0.39 is 11.6 Å². The molecule has 2 unspecified atom stereocenters. The minimum Gasteiger partial charge on any atom is -0.461 e. The van der Waals surface area contributed by atoms with Gasteiger partial charge in [0.25, 0.3) is 0 Å². The Kier molecular flexibility index (Phi) is 6.20. The summed E-state index contributed by atoms with van der Waals surface area (Å²) < 4.78 is 37.7. The van der Waals surface area contributed by atoms with Crippen LogP contribution in [0.5, 0.6) is 6.01 Å². The minimum atomic E-state index is -0.567. The second kappa shape index (κ2) is 9.75. The second-order valence-electron chi connectivity index (χ2n) is 11.7. The van der Waals surface area contributed by atoms with E-state index in [1.165, 1.54) is 30.2 Å². The molecule has 5 heterocycles. The summed E-state index contributed by atoms with van der Waals surface area (Å²) in [6.07, 6.45) is 8.49. The summed E-state index contributed by atoms with van der Waals surface area (Å²) in [5.74, 6) is 0.322. The van der Waals surface area contributed by atoms with Crippen molar-refractivity contribution >= 4 is 27.5 Å². The standard InChI is InChI=1S/C31H33F2N5O/c1-20-7-4-14-37(18-20)29-23-17-34-27(22-10-2-8-21-9-3-11-24(32)25(21)22)26(33)28(23)35-30(36-29)39-19-31-12-5-15-38(31)16-6-13-31/h2-3,8-11,17,20H,4-7,12-16,18-19H2,1H3/p+1. The van der Waals surface area contributed by atoms with E-state index in [2.05, 4.69) is 21.8 Å². The first-order valence-corrected chi connectivity index (χ1v) is 14.3. The average molecular weight is 531 g/mol. The molecule has 3 aliphatic heterocycles. The summed E-state index contributed by atoms with van der Waals surface area (Å²) in [6.45, 7) is 6.81. The normalized spacial score (nSPS) is 22.9. The number of hydrogen-bond donors (Lipinski definition) is 1. The maximum absolute atomic E-state index is 16.4. The Morgan fingerprint density at radius 1 is 1.05 bits per heavy atom. The highest BCUT2D eigenvalue weighted by Gasteiger charge is 2.45. The zero-order valence-electron chi connectivity index (χ0n) is 22.4. The molecule has 1 N–H and O–H groups in total. The van der Waals surface area contributed by atoms with Crippen LogP contribution in [0.15, 0.2) is 42.6 Å². The predicted molar refractivity (Wildman–Crippen MR) is 147 cm³/mol. The van der Waals surface area contributed by atoms with Crippen LogP contribution in [0, 0.1) is 17.6 Å². The topological polar surface area (TPSA) is 55.6 Å². The van der Waals surface area contributed by atoms with Crippen LogP contribution >= 0.6 is 0 Å². The van der Waals surface area contributed by atoms with Crippen LogP contribution in [0.25, 0.3) is 32.9 Å². The summed E-state index contributed by atoms with van der Waals surface area (Å²) in [7, 11) is 0. The predicted octanol–water partition coefficient (Wildman–Crippen LogP) is 5.08. The van der Waals surface area contributed by atoms with Gasteiger partial charge >= 0.3 is 6.01 Å². The lowest BCUT2D eigenvalue weighted by Gasteiger charge is -2.31. The maximum Gasteiger partial charge on any atom is 0.322 e. The van der Waals surface area contributed by atoms with Crippen molar-refractivity contribution in [1.82, 2.24) is 19.9 Å². The van der Waals surface area contributed by atoms with Crippen molar-refractivity contribution in [2.75, 3.05) is 32.8 Å². The first-order chi connectivity index (χ1) is 19.0. The van der Waals surface area contributed by atoms with Gasteiger partial charge in [0, 0.05) is 23.1 Å². The molecule has 8 heteroatoms. The summed E-state index contributed by atoms with van der Waals surface area (Å²) >= 11 is 0. The monoisotopic (exact) mass is 530 g/mol. The minimum absolute atomic E-state index is 0.0351. The summed E-state index contributed by atoms with van der Waals surface area (Å²) in [5, 5.41) is 1.65. The Labute approximate surface area is 227 Å². The molecule has 6 nitrogen and oxygen atoms in total. The molecule has 0 aliphatic carbocycles. The molecule has 202 valence electrons. The number of halogens is 2. The largest absolute Gasteiger partial charge is 0.461 e. The third kappa shape index (κ3) is 4.25. The second-order valence-corrected chi connectivity index (χ2v) is 11.7. The molecule has 4 aromatic rings. The zero-order valence-corrected chi connectivity index (χ0v) is 22.4. The molecule has 39 heavy (non-hydrogen) atoms. The molecule has 0 saturated carbocycles. The molecule has 3 fully saturated rings. The summed E-state index contributed by atoms with van der Waals surface area (Å²) in [5.41, 5.74) is 0.726. The van der Waals surface area contributed by atoms with Gasteiger partial charge in [-0.15, -0.1) is 4.98 Å². The Bertz CT molecular complexity index is 1540. The van der Waals surface area contributed by atoms with Crippen LogP contribution in [-0.4, -0.2) is 58.2 Å². The van der Waals surface area contributed by atoms with Crippen LogP contribution in [0.4, 0.5) is 14.6 Å². The van der Waals surface area contributed by atoms with E-state index in [1.54, 1.807) is 24.4 Å². The quantitative estimate of drug-likeness (QED) is 0.390. The number of pyridine rings is 1. The number of quaternary nitrogens is 1. The molecule has 0 radical (unpaired) electrons. The molecule has 3 aliphatic rings. The number of hydrogen-bond acceptors (Lipinski definition) is 5. The number of piperidine rings is 1. The first kappa shape index (κ1) is 24.8. The Hall–Kier alpha value is -3.23. The highest BCUT2D eigenvalue weighted by Crippen LogP contribution is 2.39. The van der Waals surface area contributed by atoms with Gasteiger partial charge in [-0.3, -0.25) is 14.8 Å². The molecule has 2 atom stereocenters. The Morgan fingerprint density at radius 3 is 2.64 bits per heavy atom. The summed E-state index contributed by atoms with van der Waals surface area (Å²) in [4.78, 5) is 17.8. The van der Waals surface area contributed by atoms with E-state index in [0.29, 0.717) is 34.2 Å². The molecule has 0 bridgehead atoms. The van der Waals surface area contributed by atoms with E-state index in [0.717, 1.165) is 51.3 Å². The summed E-state index contributed by atoms with van der Waals surface area (Å²) in [6, 6.07) is 10.4. The molecular formula is C31H34F2N5O+. The lowest BCUT2D eigenvalue weighted by molar-refractivity contribution is -0.843. The van der Waals surface area contributed by atoms with E-state index in [9.17, 15) is 4.39 Å². The van der Waals surface area contributed by atoms with Crippen LogP contribution in [0.3, 0.4) is 0 Å². The van der Waals surface area contributed by atoms with Gasteiger partial charge in [-0.25, -0.2) is 8.78 Å². The van der Waals surface area contributed by atoms with E-state index in [-0.39, 0.29) is 22.8 Å². The molecule has 7 rings (SSSR count). The molecule has 0 spiro atoms. The lowest BCUT2D eigenvalue weighted by atomic mass is 9.95. The molecule has 3 saturated heterocycles. The zero-order chi connectivity index (χ0) is 26.6. The van der Waals surface area contributed by atoms with Gasteiger partial charge in [0.05, 0.1) is 18.6 Å². The number of nitrogens with one attached hydrogen (secondary N) is 1. The van der Waals surface area contributed by atoms with Crippen molar-refractivity contribution < 1.29 is 18.4 Å². The van der Waals surface area contributed by atoms with Gasteiger partial charge in [-0.2, -0.15) is 4.98 Å². The number of benzene rings is 2. The van der Waals surface area contributed by atoms with Crippen LogP contribution in [0.1, 0.15) is 45.4 Å². The van der Waals surface area contributed by atoms with Crippen molar-refractivity contribution in [3.8, 4) is 17.3 Å². The van der Waals surface area contributed by atoms with Crippen molar-refractivity contribution in [1.29, 1.82) is 0 Å². The number of aromatic nitrogens is 3. The van der Waals surface area contributed by atoms with Gasteiger partial charge < -0.3 is 4.74 Å². The van der Waals surface area contributed by atoms with Crippen LogP contribution in [0.2, 0.25) is 0 Å². The number of fused-ring (bicyclic) bond motifs is 3. The van der Waals surface area contributed by atoms with E-state index in [4.69, 9.17) is 9.72 Å². The van der Waals surface area contributed by atoms with Crippen molar-refractivity contribution in [3.63, 3.8) is 0 Å². The smallest absolute Gasteiger partial charge is 0.322 e. The van der Waals surface area contributed by atoms with Crippen molar-refractivity contribution in [2.45, 2.75) is 51.0 Å². The van der Waals surface area contributed by atoms with Crippen LogP contribution in [-0.2, 0) is 0 Å². The SMILES string of the molecule is CC1CCC[NH+](c2nc(OCC34CCCN3CCC4)nc3c(F)c(-c4cccc5cccc(F)c45)ncc23)C1. The third-order valence-electron chi connectivity index (χ3n) is 9.16. The Morgan fingerprint density at radius 2 is 1.85 bits per heavy atom. The fourth-order valence-corrected chi connectivity index (χ4v) is 7.21. The molecule has 2 aromatic heterocycles. The first-order valence-electron chi connectivity index (χ1n) is 14.3. The van der Waals surface area contributed by atoms with Gasteiger partial charge in [-0.1, -0.05) is 37.3 Å². The fourth-order valence-electron chi connectivity index (χ4n) is 7.21. The average Bonchev–Trinajstić information content (AvgIpc) is 3.53. The third-order valence-corrected chi connectivity index (χ3v) is 9.16. The van der Waals surface area contributed by atoms with Gasteiger partial charge in [-0.05, 0) is 63.1 Å². The molecule has 2 aromatic carbocycles. The van der Waals surface area contributed by atoms with Crippen molar-refractivity contribution in [2.24, 2.45) is 5.92 Å². The fraction of sp³-hybridized carbons (Fsp3) is 0.452. The highest BCUT2D eigenvalue weighted by atomic mass is 19.1. The van der Waals surface area contributed by atoms with Gasteiger partial charge in [0.2, 0.25) is 5.82 Å². The molecular weight excluding hydrogens is 496 g/mol. The van der Waals surface area contributed by atoms with Crippen molar-refractivity contribution in [3.05, 3.63) is 54.2 Å². The molecule has 0 amide bonds. The van der Waals surface area contributed by atoms with Crippen LogP contribution < -0.4 is 9.64 Å². The number of rotatable bonds is 5. The van der Waals surface area contributed by atoms with Gasteiger partial charge in [0.15, 0.2) is 5.82 Å². The lowest BCUT2D eigenvalue weighted by Crippen LogP contribution is -3.09. The highest BCUT2D eigenvalue weighted by molar-refractivity contribution is 5.98. The van der Waals surface area contributed by atoms with Gasteiger partial charge in [0.1, 0.15) is 29.0 Å². The van der Waals surface area contributed by atoms with E-state index >= 15 is 4.39 Å².